The number of carbonyl (C=O) groups is 2. The van der Waals surface area contributed by atoms with E-state index in [1.807, 2.05) is 0 Å². The molecule has 0 aromatic heterocycles. The molecule has 0 bridgehead atoms. The number of amides is 1. The van der Waals surface area contributed by atoms with Crippen LogP contribution in [0, 0.1) is 0 Å². The van der Waals surface area contributed by atoms with E-state index in [4.69, 9.17) is 0 Å². The first kappa shape index (κ1) is 14.7. The Morgan fingerprint density at radius 1 is 1.12 bits per heavy atom. The van der Waals surface area contributed by atoms with Crippen molar-refractivity contribution in [1.29, 1.82) is 0 Å². The highest BCUT2D eigenvalue weighted by Gasteiger charge is 1.97. The molecule has 0 aliphatic rings. The number of nitrogens with one attached hydrogen (secondary N) is 1. The van der Waals surface area contributed by atoms with Crippen LogP contribution in [-0.2, 0) is 14.3 Å². The van der Waals surface area contributed by atoms with Crippen LogP contribution in [0.5, 0.6) is 0 Å². The fourth-order valence-corrected chi connectivity index (χ4v) is 1.21. The van der Waals surface area contributed by atoms with Crippen molar-refractivity contribution in [3.8, 4) is 0 Å². The number of carbonyl (C=O) groups excluding carboxylic acids is 2. The Balaban J connectivity index is 3.44. The van der Waals surface area contributed by atoms with Gasteiger partial charge in [0.25, 0.3) is 0 Å². The minimum atomic E-state index is -0.516. The Morgan fingerprint density at radius 3 is 2.44 bits per heavy atom. The second kappa shape index (κ2) is 10.2. The lowest BCUT2D eigenvalue weighted by Crippen LogP contribution is -2.22. The van der Waals surface area contributed by atoms with Crippen molar-refractivity contribution in [2.24, 2.45) is 0 Å². The topological polar surface area (TPSA) is 55.4 Å². The number of ether oxygens (including phenoxy) is 1. The Morgan fingerprint density at radius 2 is 1.81 bits per heavy atom. The van der Waals surface area contributed by atoms with Gasteiger partial charge in [-0.1, -0.05) is 32.6 Å². The van der Waals surface area contributed by atoms with Gasteiger partial charge in [0.2, 0.25) is 5.91 Å². The van der Waals surface area contributed by atoms with Crippen molar-refractivity contribution < 1.29 is 14.3 Å². The van der Waals surface area contributed by atoms with Gasteiger partial charge < -0.3 is 10.1 Å². The molecule has 92 valence electrons. The predicted octanol–water partition coefficient (Wildman–Crippen LogP) is 1.80. The molecular formula is C12H21NO3. The first-order valence-electron chi connectivity index (χ1n) is 5.74. The highest BCUT2D eigenvalue weighted by molar-refractivity contribution is 5.94. The summed E-state index contributed by atoms with van der Waals surface area (Å²) in [6, 6.07) is 0. The van der Waals surface area contributed by atoms with Gasteiger partial charge in [-0.05, 0) is 6.42 Å². The highest BCUT2D eigenvalue weighted by atomic mass is 16.5. The first-order valence-corrected chi connectivity index (χ1v) is 5.74. The fraction of sp³-hybridized carbons (Fsp3) is 0.667. The van der Waals surface area contributed by atoms with Gasteiger partial charge in [-0.15, -0.1) is 0 Å². The Hall–Kier alpha value is -1.32. The van der Waals surface area contributed by atoms with Crippen LogP contribution in [0.2, 0.25) is 0 Å². The number of unbranched alkanes of at least 4 members (excludes halogenated alkanes) is 4. The molecule has 1 N–H and O–H groups in total. The van der Waals surface area contributed by atoms with Crippen LogP contribution in [0.25, 0.3) is 0 Å². The maximum Gasteiger partial charge on any atom is 0.330 e. The SMILES string of the molecule is CCCCCCCNC(=O)/C=C\C(=O)OC. The van der Waals surface area contributed by atoms with Crippen LogP contribution in [0.15, 0.2) is 12.2 Å². The zero-order valence-corrected chi connectivity index (χ0v) is 10.1. The second-order valence-corrected chi connectivity index (χ2v) is 3.56. The van der Waals surface area contributed by atoms with Gasteiger partial charge in [-0.3, -0.25) is 4.79 Å². The Labute approximate surface area is 97.1 Å². The van der Waals surface area contributed by atoms with Crippen LogP contribution in [-0.4, -0.2) is 25.5 Å². The zero-order chi connectivity index (χ0) is 12.2. The van der Waals surface area contributed by atoms with E-state index in [-0.39, 0.29) is 5.91 Å². The molecule has 0 saturated carbocycles. The molecule has 0 spiro atoms. The molecule has 0 heterocycles. The molecular weight excluding hydrogens is 206 g/mol. The van der Waals surface area contributed by atoms with Gasteiger partial charge in [0.1, 0.15) is 0 Å². The lowest BCUT2D eigenvalue weighted by Gasteiger charge is -2.01. The van der Waals surface area contributed by atoms with Crippen molar-refractivity contribution in [3.63, 3.8) is 0 Å². The van der Waals surface area contributed by atoms with Crippen molar-refractivity contribution in [2.75, 3.05) is 13.7 Å². The van der Waals surface area contributed by atoms with Crippen molar-refractivity contribution in [3.05, 3.63) is 12.2 Å². The average molecular weight is 227 g/mol. The third-order valence-corrected chi connectivity index (χ3v) is 2.15. The number of methoxy groups -OCH3 is 1. The molecule has 0 saturated heterocycles. The van der Waals surface area contributed by atoms with E-state index in [0.29, 0.717) is 6.54 Å². The molecule has 0 aromatic rings. The molecule has 0 rings (SSSR count). The van der Waals surface area contributed by atoms with Gasteiger partial charge in [0.05, 0.1) is 7.11 Å². The number of rotatable bonds is 8. The lowest BCUT2D eigenvalue weighted by molar-refractivity contribution is -0.135. The summed E-state index contributed by atoms with van der Waals surface area (Å²) < 4.78 is 4.36. The molecule has 0 aliphatic heterocycles. The molecule has 0 atom stereocenters. The van der Waals surface area contributed by atoms with E-state index in [2.05, 4.69) is 17.0 Å². The van der Waals surface area contributed by atoms with Crippen molar-refractivity contribution in [1.82, 2.24) is 5.32 Å². The third kappa shape index (κ3) is 9.24. The van der Waals surface area contributed by atoms with E-state index in [1.54, 1.807) is 0 Å². The summed E-state index contributed by atoms with van der Waals surface area (Å²) in [6.07, 6.45) is 8.10. The van der Waals surface area contributed by atoms with Crippen LogP contribution in [0.4, 0.5) is 0 Å². The van der Waals surface area contributed by atoms with E-state index in [9.17, 15) is 9.59 Å². The maximum atomic E-state index is 11.1. The predicted molar refractivity (Wildman–Crippen MR) is 62.9 cm³/mol. The summed E-state index contributed by atoms with van der Waals surface area (Å²) in [5.41, 5.74) is 0. The van der Waals surface area contributed by atoms with Gasteiger partial charge in [-0.25, -0.2) is 4.79 Å². The second-order valence-electron chi connectivity index (χ2n) is 3.56. The minimum absolute atomic E-state index is 0.249. The van der Waals surface area contributed by atoms with Crippen LogP contribution < -0.4 is 5.32 Å². The Bertz CT molecular complexity index is 236. The number of hydrogen-bond acceptors (Lipinski definition) is 3. The molecule has 0 fully saturated rings. The zero-order valence-electron chi connectivity index (χ0n) is 10.1. The van der Waals surface area contributed by atoms with Crippen LogP contribution >= 0.6 is 0 Å². The van der Waals surface area contributed by atoms with E-state index >= 15 is 0 Å². The first-order chi connectivity index (χ1) is 7.70. The molecule has 0 unspecified atom stereocenters. The monoisotopic (exact) mass is 227 g/mol. The van der Waals surface area contributed by atoms with Gasteiger partial charge in [0, 0.05) is 18.7 Å². The number of esters is 1. The average Bonchev–Trinajstić information content (AvgIpc) is 2.30. The molecule has 0 aromatic carbocycles. The van der Waals surface area contributed by atoms with E-state index in [0.717, 1.165) is 18.9 Å². The molecule has 4 nitrogen and oxygen atoms in total. The third-order valence-electron chi connectivity index (χ3n) is 2.15. The van der Waals surface area contributed by atoms with Gasteiger partial charge >= 0.3 is 5.97 Å². The number of hydrogen-bond donors (Lipinski definition) is 1. The highest BCUT2D eigenvalue weighted by Crippen LogP contribution is 2.00. The summed E-state index contributed by atoms with van der Waals surface area (Å²) in [5.74, 6) is -0.765. The van der Waals surface area contributed by atoms with Crippen LogP contribution in [0.1, 0.15) is 39.0 Å². The van der Waals surface area contributed by atoms with E-state index < -0.39 is 5.97 Å². The molecule has 4 heteroatoms. The molecule has 16 heavy (non-hydrogen) atoms. The molecule has 1 amide bonds. The Kier molecular flexibility index (Phi) is 9.36. The van der Waals surface area contributed by atoms with Crippen molar-refractivity contribution >= 4 is 11.9 Å². The smallest absolute Gasteiger partial charge is 0.330 e. The summed E-state index contributed by atoms with van der Waals surface area (Å²) in [5, 5.41) is 2.71. The van der Waals surface area contributed by atoms with Gasteiger partial charge in [-0.2, -0.15) is 0 Å². The van der Waals surface area contributed by atoms with Crippen LogP contribution in [0.3, 0.4) is 0 Å². The fourth-order valence-electron chi connectivity index (χ4n) is 1.21. The summed E-state index contributed by atoms with van der Waals surface area (Å²) in [4.78, 5) is 21.8. The standard InChI is InChI=1S/C12H21NO3/c1-3-4-5-6-7-10-13-11(14)8-9-12(15)16-2/h8-9H,3-7,10H2,1-2H3,(H,13,14)/b9-8-. The van der Waals surface area contributed by atoms with Crippen molar-refractivity contribution in [2.45, 2.75) is 39.0 Å². The summed E-state index contributed by atoms with van der Waals surface area (Å²) in [7, 11) is 1.28. The minimum Gasteiger partial charge on any atom is -0.466 e. The molecule has 0 radical (unpaired) electrons. The summed E-state index contributed by atoms with van der Waals surface area (Å²) in [6.45, 7) is 2.83. The normalized spacial score (nSPS) is 10.4. The van der Waals surface area contributed by atoms with E-state index in [1.165, 1.54) is 32.4 Å². The quantitative estimate of drug-likeness (QED) is 0.391. The molecule has 0 aliphatic carbocycles. The maximum absolute atomic E-state index is 11.1. The summed E-state index contributed by atoms with van der Waals surface area (Å²) >= 11 is 0. The largest absolute Gasteiger partial charge is 0.466 e. The lowest BCUT2D eigenvalue weighted by atomic mass is 10.1. The van der Waals surface area contributed by atoms with Gasteiger partial charge in [0.15, 0.2) is 0 Å².